The van der Waals surface area contributed by atoms with Crippen LogP contribution in [0.2, 0.25) is 31.0 Å². The molecule has 4 aromatic heterocycles. The van der Waals surface area contributed by atoms with E-state index in [9.17, 15) is 0 Å². The standard InChI is InChI=1S/C20H24ClN5OSi/c1-25-7-5-14-11-15(12-22-18(14)25)17-16-6-8-26(19(16)24-20(21)23-17)13-27-9-10-28(2,3)4/h5-8,11-12H,9-10,13H2,1-4H3. The van der Waals surface area contributed by atoms with Gasteiger partial charge in [0.05, 0.1) is 5.69 Å². The van der Waals surface area contributed by atoms with E-state index >= 15 is 0 Å². The van der Waals surface area contributed by atoms with Gasteiger partial charge in [-0.1, -0.05) is 19.6 Å². The van der Waals surface area contributed by atoms with Gasteiger partial charge in [-0.3, -0.25) is 0 Å². The summed E-state index contributed by atoms with van der Waals surface area (Å²) in [5, 5.41) is 2.23. The van der Waals surface area contributed by atoms with Crippen molar-refractivity contribution in [2.75, 3.05) is 6.61 Å². The van der Waals surface area contributed by atoms with Gasteiger partial charge in [0.15, 0.2) is 0 Å². The predicted molar refractivity (Wildman–Crippen MR) is 116 cm³/mol. The summed E-state index contributed by atoms with van der Waals surface area (Å²) >= 11 is 6.25. The first-order valence-corrected chi connectivity index (χ1v) is 13.4. The Bertz CT molecular complexity index is 1140. The number of fused-ring (bicyclic) bond motifs is 2. The summed E-state index contributed by atoms with van der Waals surface area (Å²) in [6, 6.07) is 7.28. The maximum atomic E-state index is 6.25. The average Bonchev–Trinajstić information content (AvgIpc) is 3.21. The molecule has 0 N–H and O–H groups in total. The van der Waals surface area contributed by atoms with Crippen LogP contribution < -0.4 is 0 Å². The molecule has 4 rings (SSSR count). The molecule has 28 heavy (non-hydrogen) atoms. The lowest BCUT2D eigenvalue weighted by Crippen LogP contribution is -2.22. The second kappa shape index (κ2) is 7.31. The highest BCUT2D eigenvalue weighted by Gasteiger charge is 2.15. The van der Waals surface area contributed by atoms with E-state index in [4.69, 9.17) is 16.3 Å². The number of pyridine rings is 1. The fourth-order valence-corrected chi connectivity index (χ4v) is 4.11. The highest BCUT2D eigenvalue weighted by molar-refractivity contribution is 6.76. The normalized spacial score (nSPS) is 12.3. The Labute approximate surface area is 170 Å². The largest absolute Gasteiger partial charge is 0.361 e. The van der Waals surface area contributed by atoms with E-state index < -0.39 is 8.07 Å². The Kier molecular flexibility index (Phi) is 4.99. The average molecular weight is 414 g/mol. The SMILES string of the molecule is Cn1ccc2cc(-c3nc(Cl)nc4c3ccn4COCC[Si](C)(C)C)cnc21. The zero-order valence-corrected chi connectivity index (χ0v) is 18.4. The summed E-state index contributed by atoms with van der Waals surface area (Å²) in [5.41, 5.74) is 3.42. The molecule has 146 valence electrons. The van der Waals surface area contributed by atoms with Crippen molar-refractivity contribution in [3.8, 4) is 11.3 Å². The van der Waals surface area contributed by atoms with Gasteiger partial charge in [-0.05, 0) is 35.8 Å². The van der Waals surface area contributed by atoms with Crippen molar-refractivity contribution >= 4 is 41.7 Å². The molecule has 0 aromatic carbocycles. The third kappa shape index (κ3) is 3.83. The Morgan fingerprint density at radius 1 is 1.11 bits per heavy atom. The summed E-state index contributed by atoms with van der Waals surface area (Å²) in [5.74, 6) is 0. The topological polar surface area (TPSA) is 57.8 Å². The minimum absolute atomic E-state index is 0.220. The van der Waals surface area contributed by atoms with Crippen LogP contribution in [0.3, 0.4) is 0 Å². The Hall–Kier alpha value is -2.22. The van der Waals surface area contributed by atoms with Gasteiger partial charge in [-0.15, -0.1) is 0 Å². The van der Waals surface area contributed by atoms with Gasteiger partial charge >= 0.3 is 0 Å². The molecular weight excluding hydrogens is 390 g/mol. The van der Waals surface area contributed by atoms with Crippen LogP contribution in [0, 0.1) is 0 Å². The van der Waals surface area contributed by atoms with Crippen molar-refractivity contribution in [2.24, 2.45) is 7.05 Å². The second-order valence-corrected chi connectivity index (χ2v) is 14.2. The maximum absolute atomic E-state index is 6.25. The third-order valence-corrected chi connectivity index (χ3v) is 6.67. The first kappa shape index (κ1) is 19.1. The van der Waals surface area contributed by atoms with Crippen LogP contribution in [0.15, 0.2) is 36.8 Å². The zero-order valence-electron chi connectivity index (χ0n) is 16.6. The number of hydrogen-bond acceptors (Lipinski definition) is 4. The monoisotopic (exact) mass is 413 g/mol. The van der Waals surface area contributed by atoms with Gasteiger partial charge in [0.2, 0.25) is 5.28 Å². The van der Waals surface area contributed by atoms with Gasteiger partial charge in [0.25, 0.3) is 0 Å². The molecule has 0 aliphatic rings. The number of halogens is 1. The van der Waals surface area contributed by atoms with E-state index in [1.807, 2.05) is 46.9 Å². The molecule has 4 heterocycles. The predicted octanol–water partition coefficient (Wildman–Crippen LogP) is 4.95. The summed E-state index contributed by atoms with van der Waals surface area (Å²) in [7, 11) is 0.878. The van der Waals surface area contributed by atoms with Crippen LogP contribution in [-0.4, -0.2) is 38.8 Å². The van der Waals surface area contributed by atoms with E-state index in [2.05, 4.69) is 40.7 Å². The number of aryl methyl sites for hydroxylation is 1. The van der Waals surface area contributed by atoms with Crippen LogP contribution >= 0.6 is 11.6 Å². The van der Waals surface area contributed by atoms with Crippen molar-refractivity contribution < 1.29 is 4.74 Å². The first-order chi connectivity index (χ1) is 13.3. The Morgan fingerprint density at radius 2 is 1.93 bits per heavy atom. The van der Waals surface area contributed by atoms with E-state index in [0.717, 1.165) is 46.0 Å². The quantitative estimate of drug-likeness (QED) is 0.255. The smallest absolute Gasteiger partial charge is 0.224 e. The molecule has 0 saturated carbocycles. The van der Waals surface area contributed by atoms with Crippen LogP contribution in [0.5, 0.6) is 0 Å². The molecule has 0 aliphatic heterocycles. The molecule has 0 radical (unpaired) electrons. The van der Waals surface area contributed by atoms with Crippen molar-refractivity contribution in [3.63, 3.8) is 0 Å². The molecule has 0 fully saturated rings. The van der Waals surface area contributed by atoms with Crippen LogP contribution in [0.1, 0.15) is 0 Å². The molecular formula is C20H24ClN5OSi. The van der Waals surface area contributed by atoms with Crippen LogP contribution in [0.25, 0.3) is 33.3 Å². The lowest BCUT2D eigenvalue weighted by Gasteiger charge is -2.15. The number of aromatic nitrogens is 5. The summed E-state index contributed by atoms with van der Waals surface area (Å²) in [6.07, 6.45) is 5.81. The fraction of sp³-hybridized carbons (Fsp3) is 0.350. The third-order valence-electron chi connectivity index (χ3n) is 4.80. The van der Waals surface area contributed by atoms with Crippen molar-refractivity contribution in [1.82, 2.24) is 24.1 Å². The van der Waals surface area contributed by atoms with Gasteiger partial charge < -0.3 is 13.9 Å². The highest BCUT2D eigenvalue weighted by Crippen LogP contribution is 2.29. The molecule has 0 bridgehead atoms. The molecule has 0 spiro atoms. The Morgan fingerprint density at radius 3 is 2.71 bits per heavy atom. The molecule has 0 atom stereocenters. The van der Waals surface area contributed by atoms with E-state index in [1.165, 1.54) is 0 Å². The van der Waals surface area contributed by atoms with E-state index in [0.29, 0.717) is 6.73 Å². The van der Waals surface area contributed by atoms with Crippen molar-refractivity contribution in [1.29, 1.82) is 0 Å². The molecule has 0 amide bonds. The first-order valence-electron chi connectivity index (χ1n) is 9.33. The Balaban J connectivity index is 1.66. The summed E-state index contributed by atoms with van der Waals surface area (Å²) in [4.78, 5) is 13.5. The van der Waals surface area contributed by atoms with Crippen LogP contribution in [0.4, 0.5) is 0 Å². The van der Waals surface area contributed by atoms with Gasteiger partial charge in [-0.25, -0.2) is 9.97 Å². The van der Waals surface area contributed by atoms with E-state index in [-0.39, 0.29) is 5.28 Å². The van der Waals surface area contributed by atoms with Crippen LogP contribution in [-0.2, 0) is 18.5 Å². The van der Waals surface area contributed by atoms with Gasteiger partial charge in [0, 0.05) is 56.7 Å². The number of rotatable bonds is 6. The molecule has 0 saturated heterocycles. The summed E-state index contributed by atoms with van der Waals surface area (Å²) in [6.45, 7) is 8.25. The van der Waals surface area contributed by atoms with Crippen molar-refractivity contribution in [3.05, 3.63) is 42.1 Å². The van der Waals surface area contributed by atoms with Crippen molar-refractivity contribution in [2.45, 2.75) is 32.4 Å². The van der Waals surface area contributed by atoms with E-state index in [1.54, 1.807) is 0 Å². The number of hydrogen-bond donors (Lipinski definition) is 0. The molecule has 6 nitrogen and oxygen atoms in total. The molecule has 8 heteroatoms. The molecule has 4 aromatic rings. The minimum Gasteiger partial charge on any atom is -0.361 e. The lowest BCUT2D eigenvalue weighted by molar-refractivity contribution is 0.0899. The fourth-order valence-electron chi connectivity index (χ4n) is 3.19. The number of ether oxygens (including phenoxy) is 1. The summed E-state index contributed by atoms with van der Waals surface area (Å²) < 4.78 is 9.86. The molecule has 0 unspecified atom stereocenters. The molecule has 0 aliphatic carbocycles. The van der Waals surface area contributed by atoms with Gasteiger partial charge in [0.1, 0.15) is 18.0 Å². The maximum Gasteiger partial charge on any atom is 0.224 e. The highest BCUT2D eigenvalue weighted by atomic mass is 35.5. The van der Waals surface area contributed by atoms with Gasteiger partial charge in [-0.2, -0.15) is 4.98 Å². The second-order valence-electron chi connectivity index (χ2n) is 8.28. The number of nitrogens with zero attached hydrogens (tertiary/aromatic N) is 5. The zero-order chi connectivity index (χ0) is 19.9. The lowest BCUT2D eigenvalue weighted by atomic mass is 10.1. The minimum atomic E-state index is -1.11.